The van der Waals surface area contributed by atoms with Gasteiger partial charge in [-0.15, -0.1) is 11.3 Å². The van der Waals surface area contributed by atoms with Crippen LogP contribution in [0.4, 0.5) is 0 Å². The first-order valence-electron chi connectivity index (χ1n) is 9.23. The Morgan fingerprint density at radius 2 is 2.15 bits per heavy atom. The van der Waals surface area contributed by atoms with Crippen molar-refractivity contribution in [2.45, 2.75) is 39.0 Å². The molecular formula is C21H24N4OS. The number of hydrazone groups is 1. The highest BCUT2D eigenvalue weighted by atomic mass is 32.1. The molecule has 2 aromatic heterocycles. The Labute approximate surface area is 163 Å². The molecule has 1 aromatic carbocycles. The summed E-state index contributed by atoms with van der Waals surface area (Å²) >= 11 is 1.55. The number of allylic oxidation sites excluding steroid dienone is 1. The Hall–Kier alpha value is -2.73. The Balaban J connectivity index is 1.58. The zero-order chi connectivity index (χ0) is 18.9. The van der Waals surface area contributed by atoms with Gasteiger partial charge >= 0.3 is 0 Å². The molecule has 0 aliphatic heterocycles. The highest BCUT2D eigenvalue weighted by molar-refractivity contribution is 7.15. The summed E-state index contributed by atoms with van der Waals surface area (Å²) in [6, 6.07) is 10.2. The van der Waals surface area contributed by atoms with Crippen molar-refractivity contribution < 1.29 is 4.79 Å². The summed E-state index contributed by atoms with van der Waals surface area (Å²) in [6.07, 6.45) is 12.3. The SMILES string of the molecule is CCCCCC(=C/c1ccccc1)/C=N/NC(=O)Cc1cn2ccsc2n1. The Morgan fingerprint density at radius 1 is 1.30 bits per heavy atom. The molecule has 0 unspecified atom stereocenters. The lowest BCUT2D eigenvalue weighted by Gasteiger charge is -2.03. The third-order valence-corrected chi connectivity index (χ3v) is 4.90. The summed E-state index contributed by atoms with van der Waals surface area (Å²) in [5.74, 6) is -0.162. The van der Waals surface area contributed by atoms with E-state index in [0.717, 1.165) is 34.6 Å². The van der Waals surface area contributed by atoms with Gasteiger partial charge in [-0.05, 0) is 24.0 Å². The minimum absolute atomic E-state index is 0.162. The molecule has 3 rings (SSSR count). The van der Waals surface area contributed by atoms with Crippen LogP contribution in [0.3, 0.4) is 0 Å². The van der Waals surface area contributed by atoms with E-state index in [1.807, 2.05) is 40.4 Å². The molecule has 0 atom stereocenters. The minimum atomic E-state index is -0.162. The molecule has 0 saturated carbocycles. The normalized spacial score (nSPS) is 12.1. The van der Waals surface area contributed by atoms with Gasteiger partial charge in [0.25, 0.3) is 0 Å². The predicted molar refractivity (Wildman–Crippen MR) is 112 cm³/mol. The molecule has 27 heavy (non-hydrogen) atoms. The zero-order valence-electron chi connectivity index (χ0n) is 15.5. The molecule has 140 valence electrons. The predicted octanol–water partition coefficient (Wildman–Crippen LogP) is 4.70. The molecule has 0 aliphatic carbocycles. The lowest BCUT2D eigenvalue weighted by Crippen LogP contribution is -2.20. The zero-order valence-corrected chi connectivity index (χ0v) is 16.3. The highest BCUT2D eigenvalue weighted by Crippen LogP contribution is 2.13. The fourth-order valence-electron chi connectivity index (χ4n) is 2.77. The van der Waals surface area contributed by atoms with E-state index in [0.29, 0.717) is 0 Å². The molecule has 0 aliphatic rings. The number of amides is 1. The number of carbonyl (C=O) groups excluding carboxylic acids is 1. The second-order valence-electron chi connectivity index (χ2n) is 6.38. The lowest BCUT2D eigenvalue weighted by atomic mass is 10.1. The number of fused-ring (bicyclic) bond motifs is 1. The van der Waals surface area contributed by atoms with Crippen molar-refractivity contribution in [2.24, 2.45) is 5.10 Å². The summed E-state index contributed by atoms with van der Waals surface area (Å²) < 4.78 is 1.92. The number of carbonyl (C=O) groups is 1. The number of benzene rings is 1. The van der Waals surface area contributed by atoms with Gasteiger partial charge in [0, 0.05) is 17.8 Å². The quantitative estimate of drug-likeness (QED) is 0.332. The minimum Gasteiger partial charge on any atom is -0.297 e. The molecular weight excluding hydrogens is 356 g/mol. The summed E-state index contributed by atoms with van der Waals surface area (Å²) in [7, 11) is 0. The fourth-order valence-corrected chi connectivity index (χ4v) is 3.49. The van der Waals surface area contributed by atoms with E-state index in [9.17, 15) is 4.79 Å². The van der Waals surface area contributed by atoms with Gasteiger partial charge in [-0.1, -0.05) is 56.2 Å². The van der Waals surface area contributed by atoms with Gasteiger partial charge in [0.1, 0.15) is 0 Å². The standard InChI is InChI=1S/C21H24N4OS/c1-2-3-5-10-18(13-17-8-6-4-7-9-17)15-22-24-20(26)14-19-16-25-11-12-27-21(25)23-19/h4,6-9,11-13,15-16H,2-3,5,10,14H2,1H3,(H,24,26)/b18-13-,22-15+. The molecule has 6 heteroatoms. The summed E-state index contributed by atoms with van der Waals surface area (Å²) in [5.41, 5.74) is 5.61. The Bertz CT molecular complexity index is 895. The average Bonchev–Trinajstić information content (AvgIpc) is 3.24. The largest absolute Gasteiger partial charge is 0.297 e. The Morgan fingerprint density at radius 3 is 2.93 bits per heavy atom. The van der Waals surface area contributed by atoms with Crippen molar-refractivity contribution in [1.29, 1.82) is 0 Å². The Kier molecular flexibility index (Phi) is 6.93. The van der Waals surface area contributed by atoms with Crippen LogP contribution in [0.25, 0.3) is 11.0 Å². The molecule has 2 heterocycles. The van der Waals surface area contributed by atoms with Crippen molar-refractivity contribution in [3.63, 3.8) is 0 Å². The molecule has 5 nitrogen and oxygen atoms in total. The second kappa shape index (κ2) is 9.83. The van der Waals surface area contributed by atoms with Crippen molar-refractivity contribution in [3.8, 4) is 0 Å². The van der Waals surface area contributed by atoms with Crippen LogP contribution < -0.4 is 5.43 Å². The second-order valence-corrected chi connectivity index (χ2v) is 7.26. The summed E-state index contributed by atoms with van der Waals surface area (Å²) in [4.78, 5) is 17.4. The van der Waals surface area contributed by atoms with E-state index >= 15 is 0 Å². The molecule has 1 N–H and O–H groups in total. The van der Waals surface area contributed by atoms with Gasteiger partial charge in [0.05, 0.1) is 18.3 Å². The third kappa shape index (κ3) is 5.89. The first-order chi connectivity index (χ1) is 13.2. The van der Waals surface area contributed by atoms with Crippen LogP contribution in [-0.4, -0.2) is 21.5 Å². The van der Waals surface area contributed by atoms with Crippen LogP contribution >= 0.6 is 11.3 Å². The van der Waals surface area contributed by atoms with E-state index < -0.39 is 0 Å². The van der Waals surface area contributed by atoms with Crippen LogP contribution in [0.5, 0.6) is 0 Å². The third-order valence-electron chi connectivity index (χ3n) is 4.13. The number of nitrogens with one attached hydrogen (secondary N) is 1. The average molecular weight is 381 g/mol. The van der Waals surface area contributed by atoms with E-state index in [4.69, 9.17) is 0 Å². The number of thiazole rings is 1. The fraction of sp³-hybridized carbons (Fsp3) is 0.286. The summed E-state index contributed by atoms with van der Waals surface area (Å²) in [5, 5.41) is 6.13. The number of aromatic nitrogens is 2. The van der Waals surface area contributed by atoms with Crippen LogP contribution in [0, 0.1) is 0 Å². The maximum Gasteiger partial charge on any atom is 0.246 e. The molecule has 0 saturated heterocycles. The maximum atomic E-state index is 12.1. The van der Waals surface area contributed by atoms with Crippen molar-refractivity contribution >= 4 is 34.5 Å². The number of imidazole rings is 1. The van der Waals surface area contributed by atoms with Crippen molar-refractivity contribution in [3.05, 3.63) is 64.9 Å². The van der Waals surface area contributed by atoms with Gasteiger partial charge < -0.3 is 0 Å². The molecule has 0 spiro atoms. The van der Waals surface area contributed by atoms with Crippen LogP contribution in [0.2, 0.25) is 0 Å². The lowest BCUT2D eigenvalue weighted by molar-refractivity contribution is -0.120. The van der Waals surface area contributed by atoms with Crippen LogP contribution in [0.15, 0.2) is 58.8 Å². The van der Waals surface area contributed by atoms with E-state index in [2.05, 4.69) is 40.6 Å². The van der Waals surface area contributed by atoms with Gasteiger partial charge in [-0.2, -0.15) is 5.10 Å². The van der Waals surface area contributed by atoms with E-state index in [1.165, 1.54) is 12.8 Å². The molecule has 1 amide bonds. The summed E-state index contributed by atoms with van der Waals surface area (Å²) in [6.45, 7) is 2.19. The topological polar surface area (TPSA) is 58.8 Å². The van der Waals surface area contributed by atoms with E-state index in [-0.39, 0.29) is 12.3 Å². The van der Waals surface area contributed by atoms with Crippen molar-refractivity contribution in [2.75, 3.05) is 0 Å². The number of nitrogens with zero attached hydrogens (tertiary/aromatic N) is 3. The van der Waals surface area contributed by atoms with Gasteiger partial charge in [0.15, 0.2) is 4.96 Å². The van der Waals surface area contributed by atoms with Gasteiger partial charge in [-0.25, -0.2) is 10.4 Å². The first-order valence-corrected chi connectivity index (χ1v) is 10.1. The number of unbranched alkanes of at least 4 members (excludes halogenated alkanes) is 2. The van der Waals surface area contributed by atoms with E-state index in [1.54, 1.807) is 17.6 Å². The van der Waals surface area contributed by atoms with Gasteiger partial charge in [0.2, 0.25) is 5.91 Å². The van der Waals surface area contributed by atoms with Crippen LogP contribution in [0.1, 0.15) is 43.9 Å². The number of hydrogen-bond acceptors (Lipinski definition) is 4. The van der Waals surface area contributed by atoms with Crippen molar-refractivity contribution in [1.82, 2.24) is 14.8 Å². The van der Waals surface area contributed by atoms with Gasteiger partial charge in [-0.3, -0.25) is 9.20 Å². The highest BCUT2D eigenvalue weighted by Gasteiger charge is 2.07. The smallest absolute Gasteiger partial charge is 0.246 e. The number of rotatable bonds is 9. The molecule has 0 bridgehead atoms. The molecule has 0 radical (unpaired) electrons. The maximum absolute atomic E-state index is 12.1. The van der Waals surface area contributed by atoms with Crippen LogP contribution in [-0.2, 0) is 11.2 Å². The molecule has 3 aromatic rings. The first kappa shape index (κ1) is 19.0. The number of hydrogen-bond donors (Lipinski definition) is 1. The monoisotopic (exact) mass is 380 g/mol. The molecule has 0 fully saturated rings.